The van der Waals surface area contributed by atoms with E-state index < -0.39 is 0 Å². The first-order valence-electron chi connectivity index (χ1n) is 17.3. The lowest BCUT2D eigenvalue weighted by atomic mass is 10.2. The Morgan fingerprint density at radius 1 is 0.630 bits per heavy atom. The summed E-state index contributed by atoms with van der Waals surface area (Å²) in [5, 5.41) is 18.3. The van der Waals surface area contributed by atoms with Crippen LogP contribution in [-0.4, -0.2) is 106 Å². The van der Waals surface area contributed by atoms with Crippen molar-refractivity contribution in [2.45, 2.75) is 6.54 Å². The Balaban J connectivity index is 1.20. The molecule has 1 heterocycles. The third-order valence-electron chi connectivity index (χ3n) is 7.21. The van der Waals surface area contributed by atoms with Crippen molar-refractivity contribution < 1.29 is 32.9 Å². The molecule has 4 aromatic rings. The highest BCUT2D eigenvalue weighted by Crippen LogP contribution is 2.18. The van der Waals surface area contributed by atoms with Crippen LogP contribution >= 0.6 is 0 Å². The van der Waals surface area contributed by atoms with E-state index in [1.165, 1.54) is 6.07 Å². The number of anilines is 4. The average molecular weight is 746 g/mol. The van der Waals surface area contributed by atoms with E-state index in [0.29, 0.717) is 94.9 Å². The number of ether oxygens (including phenoxy) is 4. The molecule has 0 aliphatic rings. The van der Waals surface area contributed by atoms with Crippen LogP contribution in [0.1, 0.15) is 26.3 Å². The van der Waals surface area contributed by atoms with Crippen LogP contribution < -0.4 is 26.6 Å². The Hall–Kier alpha value is -5.91. The van der Waals surface area contributed by atoms with Gasteiger partial charge in [-0.2, -0.15) is 15.0 Å². The molecule has 0 bridgehead atoms. The van der Waals surface area contributed by atoms with Crippen LogP contribution in [0, 0.1) is 5.82 Å². The Morgan fingerprint density at radius 2 is 1.17 bits per heavy atom. The number of halogens is 1. The number of rotatable bonds is 26. The third-order valence-corrected chi connectivity index (χ3v) is 7.21. The van der Waals surface area contributed by atoms with Crippen LogP contribution in [-0.2, 0) is 25.5 Å². The van der Waals surface area contributed by atoms with E-state index in [1.54, 1.807) is 54.6 Å². The van der Waals surface area contributed by atoms with Gasteiger partial charge in [-0.25, -0.2) is 4.39 Å². The van der Waals surface area contributed by atoms with Gasteiger partial charge in [0.2, 0.25) is 17.8 Å². The maximum Gasteiger partial charge on any atom is 0.251 e. The van der Waals surface area contributed by atoms with Gasteiger partial charge in [0, 0.05) is 60.0 Å². The van der Waals surface area contributed by atoms with Crippen LogP contribution in [0.25, 0.3) is 10.4 Å². The van der Waals surface area contributed by atoms with E-state index >= 15 is 0 Å². The molecule has 286 valence electrons. The fourth-order valence-corrected chi connectivity index (χ4v) is 4.54. The number of aromatic nitrogens is 3. The number of hydrogen-bond donors (Lipinski definition) is 5. The monoisotopic (exact) mass is 745 g/mol. The topological polar surface area (TPSA) is 219 Å². The lowest BCUT2D eigenvalue weighted by molar-refractivity contribution is 0.0511. The smallest absolute Gasteiger partial charge is 0.251 e. The van der Waals surface area contributed by atoms with Gasteiger partial charge < -0.3 is 45.5 Å². The van der Waals surface area contributed by atoms with Gasteiger partial charge in [-0.3, -0.25) is 9.59 Å². The number of nitrogens with one attached hydrogen (secondary N) is 5. The molecule has 1 aromatic heterocycles. The zero-order valence-corrected chi connectivity index (χ0v) is 29.7. The number of nitrogens with zero attached hydrogens (tertiary/aromatic N) is 6. The molecule has 0 atom stereocenters. The zero-order valence-electron chi connectivity index (χ0n) is 29.7. The largest absolute Gasteiger partial charge is 0.379 e. The van der Waals surface area contributed by atoms with E-state index in [-0.39, 0.29) is 48.6 Å². The summed E-state index contributed by atoms with van der Waals surface area (Å²) in [5.41, 5.74) is 10.4. The summed E-state index contributed by atoms with van der Waals surface area (Å²) in [4.78, 5) is 40.6. The molecule has 4 rings (SSSR count). The molecule has 17 nitrogen and oxygen atoms in total. The molecule has 18 heteroatoms. The predicted molar refractivity (Wildman–Crippen MR) is 200 cm³/mol. The van der Waals surface area contributed by atoms with Crippen molar-refractivity contribution in [2.24, 2.45) is 5.11 Å². The molecule has 0 aliphatic heterocycles. The fraction of sp³-hybridized carbons (Fsp3) is 0.361. The van der Waals surface area contributed by atoms with Crippen LogP contribution in [0.15, 0.2) is 84.0 Å². The first-order valence-corrected chi connectivity index (χ1v) is 17.3. The zero-order chi connectivity index (χ0) is 38.1. The molecular weight excluding hydrogens is 701 g/mol. The van der Waals surface area contributed by atoms with Crippen LogP contribution in [0.4, 0.5) is 27.9 Å². The standard InChI is InChI=1S/C36H44FN11O6/c37-31-9-5-4-8-29(31)26-42-35-45-34(41-16-20-53-23-22-51-18-14-39-32(49)27-6-2-1-3-7-27)46-36(47-35)44-30-12-10-28(11-13-30)33(50)40-15-19-52-24-25-54-21-17-43-48-38/h1-13H,14-26H2,(H,39,49)(H,40,50)(H3,41,42,44,45,46,47). The number of carbonyl (C=O) groups is 2. The van der Waals surface area contributed by atoms with E-state index in [1.807, 2.05) is 18.2 Å². The second-order valence-corrected chi connectivity index (χ2v) is 11.2. The van der Waals surface area contributed by atoms with Gasteiger partial charge >= 0.3 is 0 Å². The lowest BCUT2D eigenvalue weighted by Gasteiger charge is -2.12. The Bertz CT molecular complexity index is 1770. The summed E-state index contributed by atoms with van der Waals surface area (Å²) in [6.07, 6.45) is 0. The van der Waals surface area contributed by atoms with Gasteiger partial charge in [0.05, 0.1) is 52.9 Å². The summed E-state index contributed by atoms with van der Waals surface area (Å²) in [7, 11) is 0. The number of benzene rings is 3. The maximum atomic E-state index is 14.2. The lowest BCUT2D eigenvalue weighted by Crippen LogP contribution is -2.27. The van der Waals surface area contributed by atoms with E-state index in [4.69, 9.17) is 24.5 Å². The minimum atomic E-state index is -0.351. The molecule has 0 spiro atoms. The van der Waals surface area contributed by atoms with Gasteiger partial charge in [0.1, 0.15) is 5.82 Å². The molecule has 0 fully saturated rings. The minimum absolute atomic E-state index is 0.149. The molecule has 0 aliphatic carbocycles. The van der Waals surface area contributed by atoms with E-state index in [0.717, 1.165) is 0 Å². The molecule has 0 radical (unpaired) electrons. The summed E-state index contributed by atoms with van der Waals surface area (Å²) < 4.78 is 36.1. The van der Waals surface area contributed by atoms with Crippen LogP contribution in [0.5, 0.6) is 0 Å². The van der Waals surface area contributed by atoms with Crippen LogP contribution in [0.2, 0.25) is 0 Å². The van der Waals surface area contributed by atoms with Crippen molar-refractivity contribution in [3.63, 3.8) is 0 Å². The van der Waals surface area contributed by atoms with Gasteiger partial charge in [0.15, 0.2) is 0 Å². The molecule has 0 saturated carbocycles. The van der Waals surface area contributed by atoms with E-state index in [2.05, 4.69) is 51.6 Å². The number of azide groups is 1. The first-order chi connectivity index (χ1) is 26.5. The summed E-state index contributed by atoms with van der Waals surface area (Å²) in [6.45, 7) is 4.25. The molecule has 5 N–H and O–H groups in total. The van der Waals surface area contributed by atoms with Crippen LogP contribution in [0.3, 0.4) is 0 Å². The van der Waals surface area contributed by atoms with E-state index in [9.17, 15) is 14.0 Å². The average Bonchev–Trinajstić information content (AvgIpc) is 3.19. The number of amides is 2. The molecular formula is C36H44FN11O6. The second kappa shape index (κ2) is 24.4. The first kappa shape index (κ1) is 40.9. The fourth-order valence-electron chi connectivity index (χ4n) is 4.54. The second-order valence-electron chi connectivity index (χ2n) is 11.2. The van der Waals surface area contributed by atoms with Gasteiger partial charge in [-0.05, 0) is 48.0 Å². The Kier molecular flexibility index (Phi) is 18.4. The molecule has 3 aromatic carbocycles. The quantitative estimate of drug-likeness (QED) is 0.0263. The molecule has 0 saturated heterocycles. The van der Waals surface area contributed by atoms with Gasteiger partial charge in [0.25, 0.3) is 11.8 Å². The number of hydrogen-bond acceptors (Lipinski definition) is 13. The minimum Gasteiger partial charge on any atom is -0.379 e. The van der Waals surface area contributed by atoms with Crippen molar-refractivity contribution in [1.82, 2.24) is 25.6 Å². The van der Waals surface area contributed by atoms with Crippen molar-refractivity contribution in [2.75, 3.05) is 95.0 Å². The highest BCUT2D eigenvalue weighted by atomic mass is 19.1. The Labute approximate surface area is 312 Å². The third kappa shape index (κ3) is 15.8. The van der Waals surface area contributed by atoms with Crippen molar-refractivity contribution in [3.05, 3.63) is 112 Å². The normalized spacial score (nSPS) is 10.6. The summed E-state index contributed by atoms with van der Waals surface area (Å²) >= 11 is 0. The predicted octanol–water partition coefficient (Wildman–Crippen LogP) is 4.31. The number of carbonyl (C=O) groups excluding carboxylic acids is 2. The van der Waals surface area contributed by atoms with Crippen molar-refractivity contribution in [1.29, 1.82) is 0 Å². The summed E-state index contributed by atoms with van der Waals surface area (Å²) in [6, 6.07) is 22.1. The summed E-state index contributed by atoms with van der Waals surface area (Å²) in [5.74, 6) is -0.0753. The molecule has 0 unspecified atom stereocenters. The molecule has 54 heavy (non-hydrogen) atoms. The highest BCUT2D eigenvalue weighted by Gasteiger charge is 2.10. The molecule has 2 amide bonds. The maximum absolute atomic E-state index is 14.2. The van der Waals surface area contributed by atoms with Crippen molar-refractivity contribution in [3.8, 4) is 0 Å². The highest BCUT2D eigenvalue weighted by molar-refractivity contribution is 5.94. The van der Waals surface area contributed by atoms with Gasteiger partial charge in [-0.1, -0.05) is 41.5 Å². The SMILES string of the molecule is [N-]=[N+]=NCCOCCOCCNC(=O)c1ccc(Nc2nc(NCCOCCOCCNC(=O)c3ccccc3)nc(NCc3ccccc3F)n2)cc1. The Morgan fingerprint density at radius 3 is 1.80 bits per heavy atom. The van der Waals surface area contributed by atoms with Crippen molar-refractivity contribution >= 4 is 35.3 Å². The van der Waals surface area contributed by atoms with Gasteiger partial charge in [-0.15, -0.1) is 0 Å².